The SMILES string of the molecule is COc1cc(CC2Nc3ccc(C(=O)O)cc3N2)c(F)cc1C(C)(C)C. The molecule has 0 amide bonds. The third-order valence-electron chi connectivity index (χ3n) is 4.53. The van der Waals surface area contributed by atoms with Crippen molar-refractivity contribution in [1.82, 2.24) is 0 Å². The molecule has 0 saturated carbocycles. The number of hydrogen-bond acceptors (Lipinski definition) is 4. The minimum absolute atomic E-state index is 0.209. The number of nitrogens with one attached hydrogen (secondary N) is 2. The Morgan fingerprint density at radius 3 is 2.50 bits per heavy atom. The first kappa shape index (κ1) is 18.0. The second kappa shape index (κ2) is 6.52. The van der Waals surface area contributed by atoms with E-state index in [4.69, 9.17) is 9.84 Å². The van der Waals surface area contributed by atoms with Crippen molar-refractivity contribution in [3.8, 4) is 5.75 Å². The van der Waals surface area contributed by atoms with Gasteiger partial charge in [-0.15, -0.1) is 0 Å². The van der Waals surface area contributed by atoms with Crippen LogP contribution in [0.2, 0.25) is 0 Å². The number of benzene rings is 2. The van der Waals surface area contributed by atoms with Gasteiger partial charge in [0, 0.05) is 12.0 Å². The molecule has 2 aromatic rings. The molecule has 0 fully saturated rings. The average Bonchev–Trinajstić information content (AvgIpc) is 2.96. The monoisotopic (exact) mass is 358 g/mol. The topological polar surface area (TPSA) is 70.6 Å². The maximum atomic E-state index is 14.7. The molecule has 26 heavy (non-hydrogen) atoms. The summed E-state index contributed by atoms with van der Waals surface area (Å²) in [7, 11) is 1.58. The second-order valence-corrected chi connectivity index (χ2v) is 7.50. The van der Waals surface area contributed by atoms with Gasteiger partial charge in [-0.2, -0.15) is 0 Å². The van der Waals surface area contributed by atoms with Crippen LogP contribution in [0.5, 0.6) is 5.75 Å². The highest BCUT2D eigenvalue weighted by molar-refractivity contribution is 5.91. The lowest BCUT2D eigenvalue weighted by Crippen LogP contribution is -2.25. The van der Waals surface area contributed by atoms with E-state index in [9.17, 15) is 9.18 Å². The molecule has 0 bridgehead atoms. The van der Waals surface area contributed by atoms with E-state index in [1.165, 1.54) is 0 Å². The molecule has 3 N–H and O–H groups in total. The smallest absolute Gasteiger partial charge is 0.335 e. The Hall–Kier alpha value is -2.76. The Kier molecular flexibility index (Phi) is 4.52. The van der Waals surface area contributed by atoms with Crippen molar-refractivity contribution in [2.45, 2.75) is 38.8 Å². The lowest BCUT2D eigenvalue weighted by Gasteiger charge is -2.23. The number of hydrogen-bond donors (Lipinski definition) is 3. The number of anilines is 2. The van der Waals surface area contributed by atoms with Crippen molar-refractivity contribution in [3.63, 3.8) is 0 Å². The summed E-state index contributed by atoms with van der Waals surface area (Å²) in [5, 5.41) is 15.5. The van der Waals surface area contributed by atoms with Gasteiger partial charge in [0.25, 0.3) is 0 Å². The van der Waals surface area contributed by atoms with E-state index in [-0.39, 0.29) is 23.0 Å². The first-order valence-corrected chi connectivity index (χ1v) is 8.46. The summed E-state index contributed by atoms with van der Waals surface area (Å²) in [5.41, 5.74) is 2.85. The van der Waals surface area contributed by atoms with Crippen LogP contribution in [-0.2, 0) is 11.8 Å². The predicted molar refractivity (Wildman–Crippen MR) is 99.8 cm³/mol. The Morgan fingerprint density at radius 1 is 1.19 bits per heavy atom. The van der Waals surface area contributed by atoms with Gasteiger partial charge in [0.15, 0.2) is 0 Å². The molecule has 1 atom stereocenters. The number of carboxylic acid groups (broad SMARTS) is 1. The fourth-order valence-electron chi connectivity index (χ4n) is 3.16. The quantitative estimate of drug-likeness (QED) is 0.763. The largest absolute Gasteiger partial charge is 0.496 e. The van der Waals surface area contributed by atoms with Gasteiger partial charge in [-0.1, -0.05) is 20.8 Å². The van der Waals surface area contributed by atoms with Crippen molar-refractivity contribution in [2.75, 3.05) is 17.7 Å². The summed E-state index contributed by atoms with van der Waals surface area (Å²) in [6.45, 7) is 6.04. The third kappa shape index (κ3) is 3.45. The molecule has 1 heterocycles. The van der Waals surface area contributed by atoms with Crippen LogP contribution in [0.1, 0.15) is 42.3 Å². The molecule has 0 aliphatic carbocycles. The summed E-state index contributed by atoms with van der Waals surface area (Å²) in [4.78, 5) is 11.1. The molecule has 2 aromatic carbocycles. The standard InChI is InChI=1S/C20H23FN2O3/c1-20(2,3)13-10-14(21)12(8-17(13)26-4)9-18-22-15-6-5-11(19(24)25)7-16(15)23-18/h5-8,10,18,22-23H,9H2,1-4H3,(H,24,25). The number of carboxylic acids is 1. The van der Waals surface area contributed by atoms with E-state index in [1.807, 2.05) is 20.8 Å². The zero-order valence-electron chi connectivity index (χ0n) is 15.3. The normalized spacial score (nSPS) is 15.8. The number of halogens is 1. The highest BCUT2D eigenvalue weighted by Crippen LogP contribution is 2.35. The van der Waals surface area contributed by atoms with E-state index in [1.54, 1.807) is 37.4 Å². The Morgan fingerprint density at radius 2 is 1.88 bits per heavy atom. The van der Waals surface area contributed by atoms with Gasteiger partial charge < -0.3 is 20.5 Å². The van der Waals surface area contributed by atoms with Crippen molar-refractivity contribution in [3.05, 3.63) is 52.8 Å². The number of rotatable bonds is 4. The van der Waals surface area contributed by atoms with Gasteiger partial charge in [-0.3, -0.25) is 0 Å². The van der Waals surface area contributed by atoms with Crippen LogP contribution in [0, 0.1) is 5.82 Å². The maximum Gasteiger partial charge on any atom is 0.335 e. The predicted octanol–water partition coefficient (Wildman–Crippen LogP) is 4.24. The molecule has 1 unspecified atom stereocenters. The molecular weight excluding hydrogens is 335 g/mol. The van der Waals surface area contributed by atoms with Crippen molar-refractivity contribution in [2.24, 2.45) is 0 Å². The molecule has 0 saturated heterocycles. The van der Waals surface area contributed by atoms with E-state index in [0.717, 1.165) is 11.3 Å². The van der Waals surface area contributed by atoms with Crippen molar-refractivity contribution < 1.29 is 19.0 Å². The Labute approximate surface area is 152 Å². The number of aromatic carboxylic acids is 1. The van der Waals surface area contributed by atoms with Crippen LogP contribution < -0.4 is 15.4 Å². The van der Waals surface area contributed by atoms with Gasteiger partial charge >= 0.3 is 5.97 Å². The molecule has 138 valence electrons. The van der Waals surface area contributed by atoms with Crippen LogP contribution in [0.3, 0.4) is 0 Å². The zero-order chi connectivity index (χ0) is 19.1. The van der Waals surface area contributed by atoms with E-state index in [2.05, 4.69) is 10.6 Å². The molecule has 1 aliphatic heterocycles. The molecule has 5 nitrogen and oxygen atoms in total. The average molecular weight is 358 g/mol. The number of methoxy groups -OCH3 is 1. The highest BCUT2D eigenvalue weighted by Gasteiger charge is 2.25. The summed E-state index contributed by atoms with van der Waals surface area (Å²) in [6.07, 6.45) is 0.165. The molecule has 3 rings (SSSR count). The lowest BCUT2D eigenvalue weighted by atomic mass is 9.85. The van der Waals surface area contributed by atoms with Crippen LogP contribution in [-0.4, -0.2) is 24.4 Å². The van der Waals surface area contributed by atoms with Gasteiger partial charge in [0.1, 0.15) is 17.7 Å². The van der Waals surface area contributed by atoms with Gasteiger partial charge in [0.05, 0.1) is 24.0 Å². The molecule has 6 heteroatoms. The molecular formula is C20H23FN2O3. The van der Waals surface area contributed by atoms with Crippen molar-refractivity contribution >= 4 is 17.3 Å². The number of fused-ring (bicyclic) bond motifs is 1. The molecule has 0 spiro atoms. The summed E-state index contributed by atoms with van der Waals surface area (Å²) >= 11 is 0. The summed E-state index contributed by atoms with van der Waals surface area (Å²) in [6, 6.07) is 8.11. The number of carbonyl (C=O) groups is 1. The summed E-state index contributed by atoms with van der Waals surface area (Å²) < 4.78 is 20.1. The molecule has 1 aliphatic rings. The van der Waals surface area contributed by atoms with Crippen molar-refractivity contribution in [1.29, 1.82) is 0 Å². The van der Waals surface area contributed by atoms with E-state index >= 15 is 0 Å². The molecule has 0 radical (unpaired) electrons. The van der Waals surface area contributed by atoms with Gasteiger partial charge in [-0.05, 0) is 41.3 Å². The third-order valence-corrected chi connectivity index (χ3v) is 4.53. The van der Waals surface area contributed by atoms with E-state index < -0.39 is 5.97 Å². The maximum absolute atomic E-state index is 14.7. The van der Waals surface area contributed by atoms with Crippen LogP contribution in [0.4, 0.5) is 15.8 Å². The first-order chi connectivity index (χ1) is 12.2. The van der Waals surface area contributed by atoms with Crippen LogP contribution in [0.25, 0.3) is 0 Å². The Balaban J connectivity index is 1.83. The van der Waals surface area contributed by atoms with Gasteiger partial charge in [-0.25, -0.2) is 9.18 Å². The Bertz CT molecular complexity index is 859. The minimum Gasteiger partial charge on any atom is -0.496 e. The lowest BCUT2D eigenvalue weighted by molar-refractivity contribution is 0.0697. The first-order valence-electron chi connectivity index (χ1n) is 8.46. The van der Waals surface area contributed by atoms with Gasteiger partial charge in [0.2, 0.25) is 0 Å². The van der Waals surface area contributed by atoms with E-state index in [0.29, 0.717) is 23.4 Å². The summed E-state index contributed by atoms with van der Waals surface area (Å²) in [5.74, 6) is -0.592. The number of ether oxygens (including phenoxy) is 1. The fourth-order valence-corrected chi connectivity index (χ4v) is 3.16. The minimum atomic E-state index is -0.980. The molecule has 0 aromatic heterocycles. The van der Waals surface area contributed by atoms with Crippen LogP contribution in [0.15, 0.2) is 30.3 Å². The highest BCUT2D eigenvalue weighted by atomic mass is 19.1. The second-order valence-electron chi connectivity index (χ2n) is 7.50. The van der Waals surface area contributed by atoms with Crippen LogP contribution >= 0.6 is 0 Å². The zero-order valence-corrected chi connectivity index (χ0v) is 15.3. The fraction of sp³-hybridized carbons (Fsp3) is 0.350.